The molecule has 1 N–H and O–H groups in total. The van der Waals surface area contributed by atoms with Gasteiger partial charge < -0.3 is 10.2 Å². The quantitative estimate of drug-likeness (QED) is 0.890. The lowest BCUT2D eigenvalue weighted by molar-refractivity contribution is -0.151. The Morgan fingerprint density at radius 1 is 1.44 bits per heavy atom. The molecule has 1 aromatic rings. The van der Waals surface area contributed by atoms with E-state index in [1.54, 1.807) is 10.4 Å². The summed E-state index contributed by atoms with van der Waals surface area (Å²) in [6, 6.07) is 0. The van der Waals surface area contributed by atoms with Gasteiger partial charge in [-0.15, -0.1) is 11.3 Å². The highest BCUT2D eigenvalue weighted by atomic mass is 32.1. The third kappa shape index (κ3) is 2.25. The molecular weight excluding hydrogens is 250 g/mol. The van der Waals surface area contributed by atoms with Crippen LogP contribution in [0.15, 0.2) is 10.9 Å². The summed E-state index contributed by atoms with van der Waals surface area (Å²) >= 11 is 1.49. The van der Waals surface area contributed by atoms with Crippen molar-refractivity contribution in [2.45, 2.75) is 38.8 Å². The maximum absolute atomic E-state index is 12.5. The SMILES string of the molecule is CCC1(CC)NC(=O)CN(Cc2cscn2)C1=O. The van der Waals surface area contributed by atoms with E-state index in [0.717, 1.165) is 5.69 Å². The Bertz CT molecular complexity index is 440. The number of thiazole rings is 1. The van der Waals surface area contributed by atoms with Gasteiger partial charge in [-0.05, 0) is 12.8 Å². The molecule has 1 aromatic heterocycles. The average Bonchev–Trinajstić information content (AvgIpc) is 2.86. The maximum atomic E-state index is 12.5. The van der Waals surface area contributed by atoms with Crippen molar-refractivity contribution in [3.05, 3.63) is 16.6 Å². The van der Waals surface area contributed by atoms with E-state index >= 15 is 0 Å². The highest BCUT2D eigenvalue weighted by molar-refractivity contribution is 7.07. The molecule has 1 aliphatic heterocycles. The van der Waals surface area contributed by atoms with Gasteiger partial charge in [0.1, 0.15) is 12.1 Å². The second-order valence-electron chi connectivity index (χ2n) is 4.48. The second kappa shape index (κ2) is 5.06. The number of rotatable bonds is 4. The first kappa shape index (κ1) is 13.0. The molecule has 0 aliphatic carbocycles. The maximum Gasteiger partial charge on any atom is 0.249 e. The van der Waals surface area contributed by atoms with Gasteiger partial charge in [0.15, 0.2) is 0 Å². The molecule has 6 heteroatoms. The van der Waals surface area contributed by atoms with Crippen molar-refractivity contribution in [3.63, 3.8) is 0 Å². The van der Waals surface area contributed by atoms with Crippen molar-refractivity contribution >= 4 is 23.2 Å². The Morgan fingerprint density at radius 3 is 2.72 bits per heavy atom. The van der Waals surface area contributed by atoms with E-state index in [4.69, 9.17) is 0 Å². The molecule has 2 rings (SSSR count). The average molecular weight is 267 g/mol. The van der Waals surface area contributed by atoms with Crippen LogP contribution in [0.2, 0.25) is 0 Å². The number of nitrogens with zero attached hydrogens (tertiary/aromatic N) is 2. The molecule has 0 unspecified atom stereocenters. The lowest BCUT2D eigenvalue weighted by Crippen LogP contribution is -2.65. The van der Waals surface area contributed by atoms with Crippen LogP contribution in [-0.2, 0) is 16.1 Å². The van der Waals surface area contributed by atoms with Crippen molar-refractivity contribution in [2.24, 2.45) is 0 Å². The van der Waals surface area contributed by atoms with E-state index in [1.165, 1.54) is 11.3 Å². The summed E-state index contributed by atoms with van der Waals surface area (Å²) < 4.78 is 0. The molecule has 0 aromatic carbocycles. The number of piperazine rings is 1. The first-order valence-corrected chi connectivity index (χ1v) is 7.03. The van der Waals surface area contributed by atoms with Crippen molar-refractivity contribution in [1.29, 1.82) is 0 Å². The fourth-order valence-corrected chi connectivity index (χ4v) is 2.83. The molecule has 2 heterocycles. The zero-order valence-corrected chi connectivity index (χ0v) is 11.4. The van der Waals surface area contributed by atoms with Crippen LogP contribution in [0.25, 0.3) is 0 Å². The topological polar surface area (TPSA) is 62.3 Å². The molecule has 0 bridgehead atoms. The molecular formula is C12H17N3O2S. The third-order valence-corrected chi connectivity index (χ3v) is 4.09. The Labute approximate surface area is 110 Å². The van der Waals surface area contributed by atoms with Crippen molar-refractivity contribution in [2.75, 3.05) is 6.54 Å². The van der Waals surface area contributed by atoms with E-state index in [0.29, 0.717) is 19.4 Å². The summed E-state index contributed by atoms with van der Waals surface area (Å²) in [6.45, 7) is 4.39. The zero-order chi connectivity index (χ0) is 13.2. The molecule has 0 radical (unpaired) electrons. The van der Waals surface area contributed by atoms with Crippen molar-refractivity contribution in [3.8, 4) is 0 Å². The van der Waals surface area contributed by atoms with Crippen LogP contribution in [0.1, 0.15) is 32.4 Å². The minimum absolute atomic E-state index is 0.0000926. The summed E-state index contributed by atoms with van der Waals surface area (Å²) in [4.78, 5) is 30.0. The van der Waals surface area contributed by atoms with E-state index < -0.39 is 5.54 Å². The molecule has 5 nitrogen and oxygen atoms in total. The lowest BCUT2D eigenvalue weighted by Gasteiger charge is -2.40. The Kier molecular flexibility index (Phi) is 3.65. The highest BCUT2D eigenvalue weighted by Gasteiger charge is 2.43. The van der Waals surface area contributed by atoms with E-state index in [9.17, 15) is 9.59 Å². The fraction of sp³-hybridized carbons (Fsp3) is 0.583. The smallest absolute Gasteiger partial charge is 0.249 e. The Morgan fingerprint density at radius 2 is 2.17 bits per heavy atom. The standard InChI is InChI=1S/C12H17N3O2S/c1-3-12(4-2)11(17)15(6-10(16)14-12)5-9-7-18-8-13-9/h7-8H,3-6H2,1-2H3,(H,14,16). The van der Waals surface area contributed by atoms with Crippen molar-refractivity contribution in [1.82, 2.24) is 15.2 Å². The summed E-state index contributed by atoms with van der Waals surface area (Å²) in [5.41, 5.74) is 1.84. The number of amides is 2. The largest absolute Gasteiger partial charge is 0.340 e. The summed E-state index contributed by atoms with van der Waals surface area (Å²) in [7, 11) is 0. The number of carbonyl (C=O) groups is 2. The predicted molar refractivity (Wildman–Crippen MR) is 69.0 cm³/mol. The molecule has 1 fully saturated rings. The van der Waals surface area contributed by atoms with E-state index in [2.05, 4.69) is 10.3 Å². The minimum Gasteiger partial charge on any atom is -0.340 e. The molecule has 18 heavy (non-hydrogen) atoms. The Hall–Kier alpha value is -1.43. The third-order valence-electron chi connectivity index (χ3n) is 3.45. The Balaban J connectivity index is 2.20. The summed E-state index contributed by atoms with van der Waals surface area (Å²) in [5.74, 6) is -0.0892. The van der Waals surface area contributed by atoms with E-state index in [1.807, 2.05) is 19.2 Å². The van der Waals surface area contributed by atoms with Gasteiger partial charge >= 0.3 is 0 Å². The van der Waals surface area contributed by atoms with Crippen LogP contribution in [0.5, 0.6) is 0 Å². The second-order valence-corrected chi connectivity index (χ2v) is 5.20. The number of carbonyl (C=O) groups excluding carboxylic acids is 2. The van der Waals surface area contributed by atoms with Gasteiger partial charge in [0.05, 0.1) is 17.7 Å². The molecule has 1 aliphatic rings. The molecule has 98 valence electrons. The fourth-order valence-electron chi connectivity index (χ4n) is 2.28. The molecule has 0 spiro atoms. The van der Waals surface area contributed by atoms with Crippen molar-refractivity contribution < 1.29 is 9.59 Å². The summed E-state index contributed by atoms with van der Waals surface area (Å²) in [6.07, 6.45) is 1.23. The highest BCUT2D eigenvalue weighted by Crippen LogP contribution is 2.23. The normalized spacial score (nSPS) is 18.9. The molecule has 1 saturated heterocycles. The number of nitrogens with one attached hydrogen (secondary N) is 1. The number of hydrogen-bond acceptors (Lipinski definition) is 4. The minimum atomic E-state index is -0.731. The predicted octanol–water partition coefficient (Wildman–Crippen LogP) is 1.16. The van der Waals surface area contributed by atoms with Gasteiger partial charge in [-0.25, -0.2) is 4.98 Å². The van der Waals surface area contributed by atoms with Gasteiger partial charge in [-0.1, -0.05) is 13.8 Å². The monoisotopic (exact) mass is 267 g/mol. The number of aromatic nitrogens is 1. The van der Waals surface area contributed by atoms with Gasteiger partial charge in [0.25, 0.3) is 0 Å². The number of hydrogen-bond donors (Lipinski definition) is 1. The van der Waals surface area contributed by atoms with Gasteiger partial charge in [-0.3, -0.25) is 9.59 Å². The molecule has 2 amide bonds. The summed E-state index contributed by atoms with van der Waals surface area (Å²) in [5, 5.41) is 4.74. The van der Waals surface area contributed by atoms with Crippen LogP contribution in [0, 0.1) is 0 Å². The van der Waals surface area contributed by atoms with Gasteiger partial charge in [0, 0.05) is 5.38 Å². The molecule has 0 saturated carbocycles. The zero-order valence-electron chi connectivity index (χ0n) is 10.6. The van der Waals surface area contributed by atoms with Crippen LogP contribution >= 0.6 is 11.3 Å². The van der Waals surface area contributed by atoms with Crippen LogP contribution in [0.4, 0.5) is 0 Å². The first-order chi connectivity index (χ1) is 8.61. The van der Waals surface area contributed by atoms with Crippen LogP contribution in [-0.4, -0.2) is 33.8 Å². The van der Waals surface area contributed by atoms with Gasteiger partial charge in [0.2, 0.25) is 11.8 Å². The van der Waals surface area contributed by atoms with Crippen LogP contribution < -0.4 is 5.32 Å². The van der Waals surface area contributed by atoms with Crippen LogP contribution in [0.3, 0.4) is 0 Å². The van der Waals surface area contributed by atoms with E-state index in [-0.39, 0.29) is 18.4 Å². The molecule has 0 atom stereocenters. The lowest BCUT2D eigenvalue weighted by atomic mass is 9.89. The first-order valence-electron chi connectivity index (χ1n) is 6.08. The van der Waals surface area contributed by atoms with Gasteiger partial charge in [-0.2, -0.15) is 0 Å².